The Balaban J connectivity index is 2.21. The maximum atomic E-state index is 11.8. The third-order valence-corrected chi connectivity index (χ3v) is 4.32. The largest absolute Gasteiger partial charge is 0.396 e. The number of aliphatic hydroxyl groups is 1. The fourth-order valence-electron chi connectivity index (χ4n) is 2.17. The predicted octanol–water partition coefficient (Wildman–Crippen LogP) is 2.00. The maximum absolute atomic E-state index is 11.8. The van der Waals surface area contributed by atoms with Crippen molar-refractivity contribution in [2.24, 2.45) is 11.3 Å². The number of aliphatic hydroxyl groups excluding tert-OH is 1. The first kappa shape index (κ1) is 14.8. The average Bonchev–Trinajstić information content (AvgIpc) is 3.07. The molecule has 1 unspecified atom stereocenters. The van der Waals surface area contributed by atoms with Crippen molar-refractivity contribution < 1.29 is 9.90 Å². The van der Waals surface area contributed by atoms with Gasteiger partial charge in [-0.15, -0.1) is 0 Å². The van der Waals surface area contributed by atoms with Crippen LogP contribution in [0.25, 0.3) is 0 Å². The summed E-state index contributed by atoms with van der Waals surface area (Å²) in [6, 6.07) is 0. The van der Waals surface area contributed by atoms with Crippen LogP contribution in [0.3, 0.4) is 0 Å². The number of amides is 1. The van der Waals surface area contributed by atoms with Crippen LogP contribution in [-0.4, -0.2) is 29.9 Å². The third-order valence-electron chi connectivity index (χ3n) is 3.65. The van der Waals surface area contributed by atoms with Crippen molar-refractivity contribution >= 4 is 18.5 Å². The Bertz CT molecular complexity index is 236. The molecule has 1 aliphatic rings. The van der Waals surface area contributed by atoms with Crippen molar-refractivity contribution in [1.82, 2.24) is 5.32 Å². The lowest BCUT2D eigenvalue weighted by molar-refractivity contribution is -0.122. The van der Waals surface area contributed by atoms with Gasteiger partial charge < -0.3 is 10.4 Å². The molecule has 1 amide bonds. The zero-order valence-corrected chi connectivity index (χ0v) is 11.6. The fourth-order valence-corrected chi connectivity index (χ4v) is 2.60. The van der Waals surface area contributed by atoms with Crippen LogP contribution < -0.4 is 5.32 Å². The van der Waals surface area contributed by atoms with Gasteiger partial charge in [0.05, 0.1) is 0 Å². The number of thiol groups is 1. The Hall–Kier alpha value is -0.220. The summed E-state index contributed by atoms with van der Waals surface area (Å²) < 4.78 is 0. The highest BCUT2D eigenvalue weighted by molar-refractivity contribution is 7.80. The van der Waals surface area contributed by atoms with Crippen LogP contribution in [0.4, 0.5) is 0 Å². The Labute approximate surface area is 110 Å². The van der Waals surface area contributed by atoms with Crippen molar-refractivity contribution in [1.29, 1.82) is 0 Å². The van der Waals surface area contributed by atoms with Gasteiger partial charge in [-0.2, -0.15) is 12.6 Å². The van der Waals surface area contributed by atoms with E-state index < -0.39 is 0 Å². The van der Waals surface area contributed by atoms with E-state index in [9.17, 15) is 4.79 Å². The van der Waals surface area contributed by atoms with E-state index >= 15 is 0 Å². The van der Waals surface area contributed by atoms with Gasteiger partial charge in [0, 0.05) is 19.6 Å². The van der Waals surface area contributed by atoms with Crippen LogP contribution in [0.2, 0.25) is 0 Å². The number of carbonyl (C=O) groups is 1. The summed E-state index contributed by atoms with van der Waals surface area (Å²) in [6.07, 6.45) is 5.85. The SMILES string of the molecule is CCCC(CCO)CNC(=O)CC1(CS)CC1. The molecule has 1 atom stereocenters. The lowest BCUT2D eigenvalue weighted by atomic mass is 9.99. The van der Waals surface area contributed by atoms with E-state index in [1.807, 2.05) is 0 Å². The summed E-state index contributed by atoms with van der Waals surface area (Å²) in [4.78, 5) is 11.8. The highest BCUT2D eigenvalue weighted by atomic mass is 32.1. The molecule has 0 bridgehead atoms. The highest BCUT2D eigenvalue weighted by Gasteiger charge is 2.42. The first-order valence-corrected chi connectivity index (χ1v) is 7.27. The molecular formula is C13H25NO2S. The molecule has 1 rings (SSSR count). The molecule has 1 aliphatic carbocycles. The number of hydrogen-bond acceptors (Lipinski definition) is 3. The zero-order valence-electron chi connectivity index (χ0n) is 10.7. The van der Waals surface area contributed by atoms with Gasteiger partial charge >= 0.3 is 0 Å². The van der Waals surface area contributed by atoms with Crippen molar-refractivity contribution in [3.05, 3.63) is 0 Å². The molecule has 0 aliphatic heterocycles. The second kappa shape index (κ2) is 7.27. The summed E-state index contributed by atoms with van der Waals surface area (Å²) >= 11 is 4.30. The Morgan fingerprint density at radius 2 is 2.18 bits per heavy atom. The predicted molar refractivity (Wildman–Crippen MR) is 73.2 cm³/mol. The van der Waals surface area contributed by atoms with Gasteiger partial charge in [0.15, 0.2) is 0 Å². The van der Waals surface area contributed by atoms with Crippen molar-refractivity contribution in [2.45, 2.75) is 45.4 Å². The second-order valence-corrected chi connectivity index (χ2v) is 5.62. The molecule has 100 valence electrons. The molecule has 1 fully saturated rings. The Morgan fingerprint density at radius 1 is 1.47 bits per heavy atom. The van der Waals surface area contributed by atoms with Gasteiger partial charge in [0.1, 0.15) is 0 Å². The van der Waals surface area contributed by atoms with Crippen molar-refractivity contribution in [3.8, 4) is 0 Å². The van der Waals surface area contributed by atoms with E-state index in [1.165, 1.54) is 0 Å². The summed E-state index contributed by atoms with van der Waals surface area (Å²) in [5.74, 6) is 1.38. The monoisotopic (exact) mass is 259 g/mol. The van der Waals surface area contributed by atoms with E-state index in [4.69, 9.17) is 5.11 Å². The first-order valence-electron chi connectivity index (χ1n) is 6.64. The van der Waals surface area contributed by atoms with Crippen LogP contribution in [0.1, 0.15) is 45.4 Å². The standard InChI is InChI=1S/C13H25NO2S/c1-2-3-11(4-7-15)9-14-12(16)8-13(10-17)5-6-13/h11,15,17H,2-10H2,1H3,(H,14,16). The van der Waals surface area contributed by atoms with Crippen molar-refractivity contribution in [2.75, 3.05) is 18.9 Å². The molecule has 4 heteroatoms. The number of hydrogen-bond donors (Lipinski definition) is 3. The topological polar surface area (TPSA) is 49.3 Å². The van der Waals surface area contributed by atoms with Crippen LogP contribution in [0, 0.1) is 11.3 Å². The van der Waals surface area contributed by atoms with Gasteiger partial charge in [-0.05, 0) is 42.8 Å². The lowest BCUT2D eigenvalue weighted by Gasteiger charge is -2.17. The quantitative estimate of drug-likeness (QED) is 0.555. The molecule has 0 saturated heterocycles. The molecule has 0 aromatic rings. The van der Waals surface area contributed by atoms with E-state index in [0.29, 0.717) is 18.9 Å². The van der Waals surface area contributed by atoms with Crippen molar-refractivity contribution in [3.63, 3.8) is 0 Å². The number of nitrogens with one attached hydrogen (secondary N) is 1. The molecule has 0 aromatic carbocycles. The average molecular weight is 259 g/mol. The van der Waals surface area contributed by atoms with E-state index in [0.717, 1.165) is 37.9 Å². The molecule has 2 N–H and O–H groups in total. The van der Waals surface area contributed by atoms with Gasteiger partial charge in [0.2, 0.25) is 5.91 Å². The second-order valence-electron chi connectivity index (χ2n) is 5.31. The molecule has 1 saturated carbocycles. The third kappa shape index (κ3) is 5.30. The summed E-state index contributed by atoms with van der Waals surface area (Å²) in [5, 5.41) is 11.9. The molecule has 17 heavy (non-hydrogen) atoms. The van der Waals surface area contributed by atoms with E-state index in [1.54, 1.807) is 0 Å². The van der Waals surface area contributed by atoms with Crippen LogP contribution >= 0.6 is 12.6 Å². The first-order chi connectivity index (χ1) is 8.15. The normalized spacial score (nSPS) is 18.8. The number of rotatable bonds is 9. The fraction of sp³-hybridized carbons (Fsp3) is 0.923. The van der Waals surface area contributed by atoms with Crippen LogP contribution in [0.5, 0.6) is 0 Å². The van der Waals surface area contributed by atoms with Gasteiger partial charge in [-0.1, -0.05) is 13.3 Å². The number of carbonyl (C=O) groups excluding carboxylic acids is 1. The maximum Gasteiger partial charge on any atom is 0.220 e. The smallest absolute Gasteiger partial charge is 0.220 e. The van der Waals surface area contributed by atoms with Gasteiger partial charge in [0.25, 0.3) is 0 Å². The Kier molecular flexibility index (Phi) is 6.34. The van der Waals surface area contributed by atoms with Gasteiger partial charge in [-0.25, -0.2) is 0 Å². The minimum Gasteiger partial charge on any atom is -0.396 e. The molecule has 0 heterocycles. The summed E-state index contributed by atoms with van der Waals surface area (Å²) in [5.41, 5.74) is 0.199. The summed E-state index contributed by atoms with van der Waals surface area (Å²) in [6.45, 7) is 3.04. The van der Waals surface area contributed by atoms with Gasteiger partial charge in [-0.3, -0.25) is 4.79 Å². The molecule has 0 radical (unpaired) electrons. The molecule has 0 spiro atoms. The Morgan fingerprint density at radius 3 is 2.65 bits per heavy atom. The zero-order chi connectivity index (χ0) is 12.7. The summed E-state index contributed by atoms with van der Waals surface area (Å²) in [7, 11) is 0. The molecular weight excluding hydrogens is 234 g/mol. The lowest BCUT2D eigenvalue weighted by Crippen LogP contribution is -2.31. The van der Waals surface area contributed by atoms with Crippen LogP contribution in [0.15, 0.2) is 0 Å². The van der Waals surface area contributed by atoms with Crippen LogP contribution in [-0.2, 0) is 4.79 Å². The van der Waals surface area contributed by atoms with E-state index in [2.05, 4.69) is 24.9 Å². The minimum atomic E-state index is 0.149. The highest BCUT2D eigenvalue weighted by Crippen LogP contribution is 2.49. The minimum absolute atomic E-state index is 0.149. The molecule has 0 aromatic heterocycles. The van der Waals surface area contributed by atoms with E-state index in [-0.39, 0.29) is 17.9 Å². The molecule has 3 nitrogen and oxygen atoms in total.